The molecule has 0 aliphatic carbocycles. The Kier molecular flexibility index (Phi) is 16.6. The van der Waals surface area contributed by atoms with Crippen LogP contribution in [0.25, 0.3) is 0 Å². The summed E-state index contributed by atoms with van der Waals surface area (Å²) in [5.74, 6) is -4.37. The van der Waals surface area contributed by atoms with Crippen LogP contribution in [0.1, 0.15) is 19.3 Å². The molecule has 0 aliphatic heterocycles. The molecule has 14 heteroatoms. The quantitative estimate of drug-likeness (QED) is 0.202. The van der Waals surface area contributed by atoms with Crippen LogP contribution in [0, 0.1) is 0 Å². The number of esters is 2. The van der Waals surface area contributed by atoms with Crippen LogP contribution in [0.2, 0.25) is 0 Å². The number of thioether (sulfide) groups is 1. The lowest BCUT2D eigenvalue weighted by atomic mass is 10.1. The van der Waals surface area contributed by atoms with Gasteiger partial charge in [-0.25, -0.2) is 0 Å². The molecule has 13 nitrogen and oxygen atoms in total. The fraction of sp³-hybridized carbons (Fsp3) is 0.625. The van der Waals surface area contributed by atoms with Gasteiger partial charge >= 0.3 is 23.9 Å². The molecule has 172 valence electrons. The molecular formula is C16H27N3O10S. The smallest absolute Gasteiger partial charge is 0.322 e. The number of methoxy groups -OCH3 is 2. The summed E-state index contributed by atoms with van der Waals surface area (Å²) >= 11 is 1.27. The van der Waals surface area contributed by atoms with Crippen molar-refractivity contribution >= 4 is 47.5 Å². The Balaban J connectivity index is 0. The normalized spacial score (nSPS) is 11.6. The molecule has 0 saturated carbocycles. The summed E-state index contributed by atoms with van der Waals surface area (Å²) in [7, 11) is 2.58. The number of hydrogen-bond acceptors (Lipinski definition) is 10. The van der Waals surface area contributed by atoms with Gasteiger partial charge in [0.1, 0.15) is 17.8 Å². The van der Waals surface area contributed by atoms with Gasteiger partial charge in [-0.2, -0.15) is 0 Å². The maximum Gasteiger partial charge on any atom is 0.322 e. The molecule has 6 N–H and O–H groups in total. The van der Waals surface area contributed by atoms with E-state index in [1.54, 1.807) is 6.26 Å². The lowest BCUT2D eigenvalue weighted by Crippen LogP contribution is -2.39. The number of amides is 2. The lowest BCUT2D eigenvalue weighted by Gasteiger charge is -2.09. The van der Waals surface area contributed by atoms with E-state index in [2.05, 4.69) is 14.8 Å². The van der Waals surface area contributed by atoms with Crippen LogP contribution in [0.15, 0.2) is 0 Å². The molecule has 30 heavy (non-hydrogen) atoms. The van der Waals surface area contributed by atoms with Crippen molar-refractivity contribution < 1.29 is 48.5 Å². The number of carbonyl (C=O) groups is 6. The van der Waals surface area contributed by atoms with E-state index in [0.29, 0.717) is 0 Å². The third kappa shape index (κ3) is 16.1. The first kappa shape index (κ1) is 29.3. The third-order valence-electron chi connectivity index (χ3n) is 3.21. The summed E-state index contributed by atoms with van der Waals surface area (Å²) in [5.41, 5.74) is 5.18. The number of hydrogen-bond donors (Lipinski definition) is 5. The first-order chi connectivity index (χ1) is 14.0. The Bertz CT molecular complexity index is 614. The zero-order valence-electron chi connectivity index (χ0n) is 16.8. The molecule has 0 aromatic carbocycles. The highest BCUT2D eigenvalue weighted by Gasteiger charge is 2.21. The number of rotatable bonds is 12. The fourth-order valence-corrected chi connectivity index (χ4v) is 2.13. The van der Waals surface area contributed by atoms with Gasteiger partial charge < -0.3 is 36.1 Å². The van der Waals surface area contributed by atoms with Crippen molar-refractivity contribution in [2.45, 2.75) is 30.6 Å². The first-order valence-corrected chi connectivity index (χ1v) is 9.68. The van der Waals surface area contributed by atoms with E-state index in [0.717, 1.165) is 0 Å². The Morgan fingerprint density at radius 1 is 0.967 bits per heavy atom. The SMILES string of the molecule is COC(=O)CC(SC)C(=O)OC.NC(CCC(=O)NCC(=O)NCC(=O)O)C(=O)O. The molecule has 2 amide bonds. The molecule has 0 heterocycles. The van der Waals surface area contributed by atoms with Gasteiger partial charge in [0.05, 0.1) is 27.2 Å². The molecule has 2 unspecified atom stereocenters. The Hall–Kier alpha value is -2.87. The number of aliphatic carboxylic acids is 2. The maximum absolute atomic E-state index is 11.2. The van der Waals surface area contributed by atoms with Crippen LogP contribution < -0.4 is 16.4 Å². The van der Waals surface area contributed by atoms with E-state index in [1.807, 2.05) is 5.32 Å². The molecule has 0 fully saturated rings. The van der Waals surface area contributed by atoms with Crippen LogP contribution in [0.4, 0.5) is 0 Å². The predicted octanol–water partition coefficient (Wildman–Crippen LogP) is -2.05. The van der Waals surface area contributed by atoms with Gasteiger partial charge in [0.15, 0.2) is 0 Å². The average molecular weight is 453 g/mol. The molecule has 0 rings (SSSR count). The van der Waals surface area contributed by atoms with Crippen LogP contribution in [-0.4, -0.2) is 90.8 Å². The van der Waals surface area contributed by atoms with Crippen molar-refractivity contribution in [2.24, 2.45) is 5.73 Å². The van der Waals surface area contributed by atoms with E-state index in [4.69, 9.17) is 15.9 Å². The fourth-order valence-electron chi connectivity index (χ4n) is 1.54. The van der Waals surface area contributed by atoms with Gasteiger partial charge in [-0.15, -0.1) is 11.8 Å². The van der Waals surface area contributed by atoms with Crippen LogP contribution in [-0.2, 0) is 38.2 Å². The summed E-state index contributed by atoms with van der Waals surface area (Å²) in [6, 6.07) is -1.13. The minimum Gasteiger partial charge on any atom is -0.480 e. The maximum atomic E-state index is 11.2. The third-order valence-corrected chi connectivity index (χ3v) is 4.14. The number of carboxylic acids is 2. The zero-order chi connectivity index (χ0) is 23.7. The van der Waals surface area contributed by atoms with E-state index >= 15 is 0 Å². The zero-order valence-corrected chi connectivity index (χ0v) is 17.7. The Morgan fingerprint density at radius 3 is 1.97 bits per heavy atom. The summed E-state index contributed by atoms with van der Waals surface area (Å²) in [6.07, 6.45) is 1.63. The second-order valence-electron chi connectivity index (χ2n) is 5.46. The standard InChI is InChI=1S/C9H15N3O6.C7H12O4S/c10-5(9(17)18)1-2-6(13)11-3-7(14)12-4-8(15)16;1-10-6(8)4-5(12-3)7(9)11-2/h5H,1-4,10H2,(H,11,13)(H,12,14)(H,15,16)(H,17,18);5H,4H2,1-3H3. The molecule has 0 aromatic rings. The minimum atomic E-state index is -1.21. The summed E-state index contributed by atoms with van der Waals surface area (Å²) in [6.45, 7) is -0.896. The van der Waals surface area contributed by atoms with Crippen LogP contribution in [0.3, 0.4) is 0 Å². The van der Waals surface area contributed by atoms with E-state index in [-0.39, 0.29) is 25.8 Å². The summed E-state index contributed by atoms with van der Waals surface area (Å²) in [4.78, 5) is 64.3. The molecule has 0 saturated heterocycles. The van der Waals surface area contributed by atoms with E-state index in [9.17, 15) is 28.8 Å². The summed E-state index contributed by atoms with van der Waals surface area (Å²) in [5, 5.41) is 20.5. The van der Waals surface area contributed by atoms with Gasteiger partial charge in [0.2, 0.25) is 11.8 Å². The van der Waals surface area contributed by atoms with Gasteiger partial charge in [0, 0.05) is 6.42 Å². The minimum absolute atomic E-state index is 0.0437. The number of carbonyl (C=O) groups excluding carboxylic acids is 4. The van der Waals surface area contributed by atoms with Crippen molar-refractivity contribution in [1.29, 1.82) is 0 Å². The number of nitrogens with one attached hydrogen (secondary N) is 2. The van der Waals surface area contributed by atoms with E-state index in [1.165, 1.54) is 26.0 Å². The van der Waals surface area contributed by atoms with Crippen molar-refractivity contribution in [1.82, 2.24) is 10.6 Å². The molecular weight excluding hydrogens is 426 g/mol. The monoisotopic (exact) mass is 453 g/mol. The molecule has 0 aliphatic rings. The highest BCUT2D eigenvalue weighted by molar-refractivity contribution is 7.99. The second-order valence-corrected chi connectivity index (χ2v) is 6.50. The predicted molar refractivity (Wildman–Crippen MR) is 104 cm³/mol. The van der Waals surface area contributed by atoms with Crippen molar-refractivity contribution in [3.8, 4) is 0 Å². The Morgan fingerprint density at radius 2 is 1.53 bits per heavy atom. The molecule has 0 bridgehead atoms. The molecule has 2 atom stereocenters. The molecule has 0 radical (unpaired) electrons. The highest BCUT2D eigenvalue weighted by Crippen LogP contribution is 2.12. The van der Waals surface area contributed by atoms with Crippen molar-refractivity contribution in [3.63, 3.8) is 0 Å². The topological polar surface area (TPSA) is 211 Å². The summed E-state index contributed by atoms with van der Waals surface area (Å²) < 4.78 is 8.90. The van der Waals surface area contributed by atoms with Gasteiger partial charge in [-0.05, 0) is 12.7 Å². The van der Waals surface area contributed by atoms with Gasteiger partial charge in [-0.1, -0.05) is 0 Å². The van der Waals surface area contributed by atoms with Crippen LogP contribution in [0.5, 0.6) is 0 Å². The van der Waals surface area contributed by atoms with Crippen LogP contribution >= 0.6 is 11.8 Å². The number of nitrogens with two attached hydrogens (primary N) is 1. The Labute approximate surface area is 177 Å². The first-order valence-electron chi connectivity index (χ1n) is 8.39. The molecule has 0 spiro atoms. The van der Waals surface area contributed by atoms with Crippen molar-refractivity contribution in [3.05, 3.63) is 0 Å². The second kappa shape index (κ2) is 17.0. The average Bonchev–Trinajstić information content (AvgIpc) is 2.72. The lowest BCUT2D eigenvalue weighted by molar-refractivity contribution is -0.146. The van der Waals surface area contributed by atoms with Gasteiger partial charge in [0.25, 0.3) is 0 Å². The molecule has 0 aromatic heterocycles. The highest BCUT2D eigenvalue weighted by atomic mass is 32.2. The largest absolute Gasteiger partial charge is 0.480 e. The number of carboxylic acid groups (broad SMARTS) is 2. The van der Waals surface area contributed by atoms with Gasteiger partial charge in [-0.3, -0.25) is 28.8 Å². The number of ether oxygens (including phenoxy) is 2. The van der Waals surface area contributed by atoms with Crippen molar-refractivity contribution in [2.75, 3.05) is 33.6 Å². The van der Waals surface area contributed by atoms with E-state index < -0.39 is 53.5 Å².